The summed E-state index contributed by atoms with van der Waals surface area (Å²) in [5.74, 6) is 0.0530. The van der Waals surface area contributed by atoms with E-state index in [-0.39, 0.29) is 18.5 Å². The molecule has 25 heavy (non-hydrogen) atoms. The van der Waals surface area contributed by atoms with Gasteiger partial charge in [0, 0.05) is 18.9 Å². The largest absolute Gasteiger partial charge is 0.392 e. The zero-order valence-electron chi connectivity index (χ0n) is 13.9. The minimum Gasteiger partial charge on any atom is -0.392 e. The molecule has 8 heteroatoms. The maximum Gasteiger partial charge on any atom is 0.271 e. The highest BCUT2D eigenvalue weighted by molar-refractivity contribution is 7.17. The van der Waals surface area contributed by atoms with Crippen molar-refractivity contribution in [3.63, 3.8) is 0 Å². The molecule has 0 bridgehead atoms. The van der Waals surface area contributed by atoms with Crippen LogP contribution >= 0.6 is 11.3 Å². The van der Waals surface area contributed by atoms with Crippen molar-refractivity contribution in [2.24, 2.45) is 0 Å². The first-order chi connectivity index (χ1) is 12.0. The summed E-state index contributed by atoms with van der Waals surface area (Å²) in [4.78, 5) is 25.4. The third-order valence-corrected chi connectivity index (χ3v) is 4.52. The Balaban J connectivity index is 1.88. The van der Waals surface area contributed by atoms with E-state index in [1.807, 2.05) is 30.5 Å². The molecule has 3 aromatic heterocycles. The highest BCUT2D eigenvalue weighted by Crippen LogP contribution is 2.25. The summed E-state index contributed by atoms with van der Waals surface area (Å²) in [6.45, 7) is 3.76. The quantitative estimate of drug-likeness (QED) is 0.626. The van der Waals surface area contributed by atoms with Crippen LogP contribution in [0.15, 0.2) is 36.0 Å². The van der Waals surface area contributed by atoms with Crippen LogP contribution in [0.1, 0.15) is 35.9 Å². The Bertz CT molecular complexity index is 866. The number of carbonyl (C=O) groups is 1. The average molecular weight is 357 g/mol. The van der Waals surface area contributed by atoms with Gasteiger partial charge in [-0.3, -0.25) is 9.78 Å². The predicted molar refractivity (Wildman–Crippen MR) is 97.7 cm³/mol. The molecule has 3 aromatic rings. The summed E-state index contributed by atoms with van der Waals surface area (Å²) < 4.78 is 0.725. The zero-order valence-corrected chi connectivity index (χ0v) is 14.7. The van der Waals surface area contributed by atoms with Gasteiger partial charge in [-0.05, 0) is 36.9 Å². The number of nitrogens with zero attached hydrogens (tertiary/aromatic N) is 3. The van der Waals surface area contributed by atoms with E-state index < -0.39 is 6.10 Å². The van der Waals surface area contributed by atoms with Gasteiger partial charge in [0.05, 0.1) is 22.4 Å². The third-order valence-electron chi connectivity index (χ3n) is 3.61. The number of aliphatic hydroxyl groups is 1. The second-order valence-corrected chi connectivity index (χ2v) is 6.66. The molecule has 0 saturated heterocycles. The van der Waals surface area contributed by atoms with Crippen LogP contribution in [0.5, 0.6) is 0 Å². The van der Waals surface area contributed by atoms with Crippen molar-refractivity contribution < 1.29 is 9.90 Å². The Morgan fingerprint density at radius 3 is 2.88 bits per heavy atom. The van der Waals surface area contributed by atoms with Gasteiger partial charge in [-0.1, -0.05) is 6.07 Å². The minimum atomic E-state index is -0.618. The number of hydrogen-bond acceptors (Lipinski definition) is 7. The number of amides is 1. The van der Waals surface area contributed by atoms with E-state index in [4.69, 9.17) is 0 Å². The summed E-state index contributed by atoms with van der Waals surface area (Å²) in [6.07, 6.45) is 2.87. The van der Waals surface area contributed by atoms with Crippen LogP contribution in [-0.2, 0) is 0 Å². The van der Waals surface area contributed by atoms with Crippen molar-refractivity contribution >= 4 is 33.4 Å². The van der Waals surface area contributed by atoms with Gasteiger partial charge in [0.2, 0.25) is 5.95 Å². The van der Waals surface area contributed by atoms with Crippen LogP contribution < -0.4 is 10.6 Å². The van der Waals surface area contributed by atoms with Crippen LogP contribution in [0.25, 0.3) is 10.2 Å². The highest BCUT2D eigenvalue weighted by atomic mass is 32.1. The number of rotatable bonds is 6. The molecule has 0 fully saturated rings. The highest BCUT2D eigenvalue weighted by Gasteiger charge is 2.17. The molecule has 130 valence electrons. The maximum atomic E-state index is 12.4. The van der Waals surface area contributed by atoms with E-state index in [0.717, 1.165) is 10.3 Å². The summed E-state index contributed by atoms with van der Waals surface area (Å²) in [7, 11) is 0. The molecule has 3 rings (SSSR count). The molecule has 0 aromatic carbocycles. The molecule has 0 aliphatic heterocycles. The van der Waals surface area contributed by atoms with E-state index >= 15 is 0 Å². The lowest BCUT2D eigenvalue weighted by Crippen LogP contribution is -2.31. The van der Waals surface area contributed by atoms with E-state index in [1.54, 1.807) is 19.3 Å². The topological polar surface area (TPSA) is 100 Å². The Hall–Kier alpha value is -2.58. The number of anilines is 1. The molecule has 0 aliphatic carbocycles. The van der Waals surface area contributed by atoms with Gasteiger partial charge in [-0.15, -0.1) is 11.3 Å². The fourth-order valence-corrected chi connectivity index (χ4v) is 3.13. The number of fused-ring (bicyclic) bond motifs is 1. The summed E-state index contributed by atoms with van der Waals surface area (Å²) >= 11 is 1.41. The lowest BCUT2D eigenvalue weighted by atomic mass is 10.1. The SMILES string of the molecule is CC(Nc1nc(C(=O)NC[C@@H](C)O)c2sccc2n1)c1cccnc1. The van der Waals surface area contributed by atoms with Gasteiger partial charge in [0.15, 0.2) is 5.69 Å². The van der Waals surface area contributed by atoms with E-state index in [1.165, 1.54) is 11.3 Å². The third kappa shape index (κ3) is 4.09. The Morgan fingerprint density at radius 1 is 1.32 bits per heavy atom. The second kappa shape index (κ2) is 7.54. The van der Waals surface area contributed by atoms with Crippen LogP contribution in [0.4, 0.5) is 5.95 Å². The minimum absolute atomic E-state index is 0.0573. The number of nitrogens with one attached hydrogen (secondary N) is 2. The van der Waals surface area contributed by atoms with Gasteiger partial charge < -0.3 is 15.7 Å². The molecular weight excluding hydrogens is 338 g/mol. The first kappa shape index (κ1) is 17.2. The molecular formula is C17H19N5O2S. The zero-order chi connectivity index (χ0) is 17.8. The standard InChI is InChI=1S/C17H19N5O2S/c1-10(23)8-19-16(24)14-15-13(5-7-25-15)21-17(22-14)20-11(2)12-4-3-6-18-9-12/h3-7,9-11,23H,8H2,1-2H3,(H,19,24)(H,20,21,22)/t10-,11?/m1/s1. The van der Waals surface area contributed by atoms with Gasteiger partial charge in [-0.2, -0.15) is 0 Å². The Kier molecular flexibility index (Phi) is 5.20. The molecule has 0 spiro atoms. The normalized spacial score (nSPS) is 13.4. The molecule has 3 N–H and O–H groups in total. The van der Waals surface area contributed by atoms with Crippen molar-refractivity contribution in [2.45, 2.75) is 26.0 Å². The number of hydrogen-bond donors (Lipinski definition) is 3. The van der Waals surface area contributed by atoms with Crippen molar-refractivity contribution in [1.82, 2.24) is 20.3 Å². The van der Waals surface area contributed by atoms with Crippen molar-refractivity contribution in [2.75, 3.05) is 11.9 Å². The second-order valence-electron chi connectivity index (χ2n) is 5.74. The predicted octanol–water partition coefficient (Wildman–Crippen LogP) is 2.37. The monoisotopic (exact) mass is 357 g/mol. The van der Waals surface area contributed by atoms with Gasteiger partial charge in [0.25, 0.3) is 5.91 Å². The fourth-order valence-electron chi connectivity index (χ4n) is 2.32. The van der Waals surface area contributed by atoms with Gasteiger partial charge in [0.1, 0.15) is 0 Å². The molecule has 2 atom stereocenters. The fraction of sp³-hybridized carbons (Fsp3) is 0.294. The first-order valence-corrected chi connectivity index (χ1v) is 8.80. The lowest BCUT2D eigenvalue weighted by Gasteiger charge is -2.15. The van der Waals surface area contributed by atoms with E-state index in [9.17, 15) is 9.90 Å². The number of pyridine rings is 1. The van der Waals surface area contributed by atoms with Crippen molar-refractivity contribution in [3.05, 3.63) is 47.2 Å². The number of aromatic nitrogens is 3. The van der Waals surface area contributed by atoms with Gasteiger partial charge >= 0.3 is 0 Å². The van der Waals surface area contributed by atoms with Gasteiger partial charge in [-0.25, -0.2) is 9.97 Å². The first-order valence-electron chi connectivity index (χ1n) is 7.92. The van der Waals surface area contributed by atoms with Crippen LogP contribution in [0.2, 0.25) is 0 Å². The number of aliphatic hydroxyl groups excluding tert-OH is 1. The molecule has 0 radical (unpaired) electrons. The van der Waals surface area contributed by atoms with Crippen molar-refractivity contribution in [3.8, 4) is 0 Å². The van der Waals surface area contributed by atoms with E-state index in [2.05, 4.69) is 25.6 Å². The molecule has 0 aliphatic rings. The Labute approximate surface area is 149 Å². The summed E-state index contributed by atoms with van der Waals surface area (Å²) in [5.41, 5.74) is 2.02. The molecule has 0 saturated carbocycles. The van der Waals surface area contributed by atoms with Crippen molar-refractivity contribution in [1.29, 1.82) is 0 Å². The maximum absolute atomic E-state index is 12.4. The molecule has 3 heterocycles. The van der Waals surface area contributed by atoms with Crippen LogP contribution in [-0.4, -0.2) is 38.6 Å². The average Bonchev–Trinajstić information content (AvgIpc) is 3.08. The molecule has 1 unspecified atom stereocenters. The summed E-state index contributed by atoms with van der Waals surface area (Å²) in [6, 6.07) is 5.63. The number of thiophene rings is 1. The van der Waals surface area contributed by atoms with Crippen LogP contribution in [0.3, 0.4) is 0 Å². The molecule has 1 amide bonds. The smallest absolute Gasteiger partial charge is 0.271 e. The van der Waals surface area contributed by atoms with E-state index in [0.29, 0.717) is 17.2 Å². The Morgan fingerprint density at radius 2 is 2.16 bits per heavy atom. The number of carbonyl (C=O) groups excluding carboxylic acids is 1. The van der Waals surface area contributed by atoms with Crippen LogP contribution in [0, 0.1) is 0 Å². The molecule has 7 nitrogen and oxygen atoms in total. The lowest BCUT2D eigenvalue weighted by molar-refractivity contribution is 0.0921. The summed E-state index contributed by atoms with van der Waals surface area (Å²) in [5, 5.41) is 17.1.